The minimum Gasteiger partial charge on any atom is -0.341 e. The molecule has 0 saturated carbocycles. The highest BCUT2D eigenvalue weighted by Gasteiger charge is 2.12. The fraction of sp³-hybridized carbons (Fsp3) is 0.364. The highest BCUT2D eigenvalue weighted by molar-refractivity contribution is 9.10. The summed E-state index contributed by atoms with van der Waals surface area (Å²) in [4.78, 5) is 13.9. The molecule has 1 aromatic carbocycles. The summed E-state index contributed by atoms with van der Waals surface area (Å²) in [6, 6.07) is 7.39. The molecule has 0 spiro atoms. The Hall–Kier alpha value is -0.350. The van der Waals surface area contributed by atoms with Crippen molar-refractivity contribution in [2.45, 2.75) is 11.8 Å². The summed E-state index contributed by atoms with van der Waals surface area (Å²) in [6.07, 6.45) is 0. The van der Waals surface area contributed by atoms with E-state index in [1.54, 1.807) is 4.90 Å². The fourth-order valence-corrected chi connectivity index (χ4v) is 1.97. The van der Waals surface area contributed by atoms with E-state index >= 15 is 0 Å². The standard InChI is InChI=1S/C11H13Br2NO/c1-8(12)7-14(2)11(15)9-3-5-10(13)6-4-9/h3-6,8H,7H2,1-2H3. The second kappa shape index (κ2) is 5.66. The third kappa shape index (κ3) is 3.95. The van der Waals surface area contributed by atoms with Crippen LogP contribution in [0, 0.1) is 0 Å². The molecule has 0 aliphatic carbocycles. The van der Waals surface area contributed by atoms with E-state index in [2.05, 4.69) is 31.9 Å². The zero-order chi connectivity index (χ0) is 11.4. The van der Waals surface area contributed by atoms with Crippen molar-refractivity contribution in [3.8, 4) is 0 Å². The Morgan fingerprint density at radius 2 is 1.93 bits per heavy atom. The minimum absolute atomic E-state index is 0.0498. The van der Waals surface area contributed by atoms with Crippen molar-refractivity contribution >= 4 is 37.8 Å². The van der Waals surface area contributed by atoms with Crippen molar-refractivity contribution < 1.29 is 4.79 Å². The largest absolute Gasteiger partial charge is 0.341 e. The summed E-state index contributed by atoms with van der Waals surface area (Å²) in [5.74, 6) is 0.0498. The summed E-state index contributed by atoms with van der Waals surface area (Å²) >= 11 is 6.77. The number of carbonyl (C=O) groups is 1. The van der Waals surface area contributed by atoms with Crippen LogP contribution >= 0.6 is 31.9 Å². The first-order valence-corrected chi connectivity index (χ1v) is 6.36. The van der Waals surface area contributed by atoms with Crippen molar-refractivity contribution in [2.24, 2.45) is 0 Å². The molecule has 0 heterocycles. The van der Waals surface area contributed by atoms with E-state index in [1.807, 2.05) is 38.2 Å². The summed E-state index contributed by atoms with van der Waals surface area (Å²) in [7, 11) is 1.81. The second-order valence-electron chi connectivity index (χ2n) is 3.47. The molecule has 1 rings (SSSR count). The van der Waals surface area contributed by atoms with Gasteiger partial charge in [0.2, 0.25) is 0 Å². The third-order valence-corrected chi connectivity index (χ3v) is 2.78. The van der Waals surface area contributed by atoms with E-state index in [1.165, 1.54) is 0 Å². The Bertz CT molecular complexity index is 335. The predicted molar refractivity (Wildman–Crippen MR) is 69.5 cm³/mol. The first kappa shape index (κ1) is 12.7. The maximum absolute atomic E-state index is 11.9. The van der Waals surface area contributed by atoms with E-state index in [4.69, 9.17) is 0 Å². The average Bonchev–Trinajstić information content (AvgIpc) is 2.17. The predicted octanol–water partition coefficient (Wildman–Crippen LogP) is 3.30. The van der Waals surface area contributed by atoms with E-state index in [9.17, 15) is 4.79 Å². The Labute approximate surface area is 107 Å². The molecule has 0 radical (unpaired) electrons. The van der Waals surface area contributed by atoms with Crippen LogP contribution in [0.4, 0.5) is 0 Å². The monoisotopic (exact) mass is 333 g/mol. The number of hydrogen-bond donors (Lipinski definition) is 0. The molecular weight excluding hydrogens is 322 g/mol. The maximum Gasteiger partial charge on any atom is 0.253 e. The quantitative estimate of drug-likeness (QED) is 0.777. The van der Waals surface area contributed by atoms with Gasteiger partial charge in [0.15, 0.2) is 0 Å². The van der Waals surface area contributed by atoms with Gasteiger partial charge in [0, 0.05) is 28.5 Å². The van der Waals surface area contributed by atoms with Crippen LogP contribution in [0.5, 0.6) is 0 Å². The van der Waals surface area contributed by atoms with Gasteiger partial charge in [0.05, 0.1) is 0 Å². The molecule has 1 unspecified atom stereocenters. The smallest absolute Gasteiger partial charge is 0.253 e. The number of amides is 1. The molecule has 0 aromatic heterocycles. The number of alkyl halides is 1. The SMILES string of the molecule is CC(Br)CN(C)C(=O)c1ccc(Br)cc1. The molecule has 0 fully saturated rings. The van der Waals surface area contributed by atoms with Crippen LogP contribution in [0.25, 0.3) is 0 Å². The van der Waals surface area contributed by atoms with Gasteiger partial charge < -0.3 is 4.90 Å². The molecule has 0 aliphatic rings. The second-order valence-corrected chi connectivity index (χ2v) is 5.95. The minimum atomic E-state index is 0.0498. The Morgan fingerprint density at radius 1 is 1.40 bits per heavy atom. The lowest BCUT2D eigenvalue weighted by Gasteiger charge is -2.18. The first-order chi connectivity index (χ1) is 7.00. The third-order valence-electron chi connectivity index (χ3n) is 1.96. The van der Waals surface area contributed by atoms with Crippen LogP contribution in [0.2, 0.25) is 0 Å². The topological polar surface area (TPSA) is 20.3 Å². The number of carbonyl (C=O) groups excluding carboxylic acids is 1. The molecular formula is C11H13Br2NO. The summed E-state index contributed by atoms with van der Waals surface area (Å²) < 4.78 is 0.982. The van der Waals surface area contributed by atoms with Crippen molar-refractivity contribution in [1.82, 2.24) is 4.90 Å². The molecule has 0 saturated heterocycles. The van der Waals surface area contributed by atoms with Crippen LogP contribution < -0.4 is 0 Å². The number of benzene rings is 1. The molecule has 0 bridgehead atoms. The van der Waals surface area contributed by atoms with Gasteiger partial charge in [-0.1, -0.05) is 38.8 Å². The van der Waals surface area contributed by atoms with E-state index in [0.29, 0.717) is 16.9 Å². The lowest BCUT2D eigenvalue weighted by atomic mass is 10.2. The molecule has 1 atom stereocenters. The van der Waals surface area contributed by atoms with E-state index in [-0.39, 0.29) is 5.91 Å². The molecule has 1 amide bonds. The van der Waals surface area contributed by atoms with Crippen molar-refractivity contribution in [1.29, 1.82) is 0 Å². The number of nitrogens with zero attached hydrogens (tertiary/aromatic N) is 1. The van der Waals surface area contributed by atoms with Crippen molar-refractivity contribution in [2.75, 3.05) is 13.6 Å². The van der Waals surface area contributed by atoms with Crippen molar-refractivity contribution in [3.05, 3.63) is 34.3 Å². The summed E-state index contributed by atoms with van der Waals surface area (Å²) in [5.41, 5.74) is 0.717. The van der Waals surface area contributed by atoms with Crippen LogP contribution in [0.15, 0.2) is 28.7 Å². The summed E-state index contributed by atoms with van der Waals surface area (Å²) in [5, 5.41) is 0. The van der Waals surface area contributed by atoms with Gasteiger partial charge in [-0.3, -0.25) is 4.79 Å². The molecule has 4 heteroatoms. The van der Waals surface area contributed by atoms with Crippen LogP contribution in [0.3, 0.4) is 0 Å². The van der Waals surface area contributed by atoms with Crippen LogP contribution in [0.1, 0.15) is 17.3 Å². The lowest BCUT2D eigenvalue weighted by Crippen LogP contribution is -2.31. The van der Waals surface area contributed by atoms with Crippen molar-refractivity contribution in [3.63, 3.8) is 0 Å². The van der Waals surface area contributed by atoms with E-state index < -0.39 is 0 Å². The zero-order valence-electron chi connectivity index (χ0n) is 8.71. The van der Waals surface area contributed by atoms with Crippen LogP contribution in [-0.4, -0.2) is 29.2 Å². The molecule has 15 heavy (non-hydrogen) atoms. The lowest BCUT2D eigenvalue weighted by molar-refractivity contribution is 0.0797. The van der Waals surface area contributed by atoms with Gasteiger partial charge in [0.25, 0.3) is 5.91 Å². The molecule has 1 aromatic rings. The van der Waals surface area contributed by atoms with Gasteiger partial charge in [-0.2, -0.15) is 0 Å². The fourth-order valence-electron chi connectivity index (χ4n) is 1.27. The van der Waals surface area contributed by atoms with Gasteiger partial charge in [0.1, 0.15) is 0 Å². The normalized spacial score (nSPS) is 12.3. The highest BCUT2D eigenvalue weighted by atomic mass is 79.9. The Balaban J connectivity index is 2.72. The molecule has 0 N–H and O–H groups in total. The number of halogens is 2. The number of rotatable bonds is 3. The molecule has 82 valence electrons. The highest BCUT2D eigenvalue weighted by Crippen LogP contribution is 2.12. The van der Waals surface area contributed by atoms with Gasteiger partial charge in [-0.15, -0.1) is 0 Å². The van der Waals surface area contributed by atoms with Gasteiger partial charge in [-0.05, 0) is 24.3 Å². The summed E-state index contributed by atoms with van der Waals surface area (Å²) in [6.45, 7) is 2.72. The van der Waals surface area contributed by atoms with Gasteiger partial charge >= 0.3 is 0 Å². The first-order valence-electron chi connectivity index (χ1n) is 4.66. The Morgan fingerprint density at radius 3 is 2.40 bits per heavy atom. The average molecular weight is 335 g/mol. The maximum atomic E-state index is 11.9. The van der Waals surface area contributed by atoms with E-state index in [0.717, 1.165) is 4.47 Å². The van der Waals surface area contributed by atoms with Gasteiger partial charge in [-0.25, -0.2) is 0 Å². The number of hydrogen-bond acceptors (Lipinski definition) is 1. The molecule has 2 nitrogen and oxygen atoms in total. The molecule has 0 aliphatic heterocycles. The Kier molecular flexibility index (Phi) is 4.80. The van der Waals surface area contributed by atoms with Crippen LogP contribution in [-0.2, 0) is 0 Å². The zero-order valence-corrected chi connectivity index (χ0v) is 11.9.